The van der Waals surface area contributed by atoms with Gasteiger partial charge in [-0.25, -0.2) is 0 Å². The quantitative estimate of drug-likeness (QED) is 0.632. The van der Waals surface area contributed by atoms with Crippen LogP contribution in [-0.2, 0) is 0 Å². The van der Waals surface area contributed by atoms with E-state index in [4.69, 9.17) is 9.47 Å². The number of fused-ring (bicyclic) bond motifs is 1. The lowest BCUT2D eigenvalue weighted by atomic mass is 10.1. The predicted octanol–water partition coefficient (Wildman–Crippen LogP) is 2.87. The standard InChI is InChI=1S/C14H16BrNO3/c1-16(2)5-4-12(17)10-8-13-14(9-11(10)15)19-7-3-6-18-13/h4-5,8-9H,3,6-7H2,1-2H3/b5-4-. The number of benzene rings is 1. The number of halogens is 1. The fourth-order valence-corrected chi connectivity index (χ4v) is 2.20. The molecule has 1 aromatic carbocycles. The molecule has 1 aliphatic rings. The van der Waals surface area contributed by atoms with Crippen LogP contribution in [0.3, 0.4) is 0 Å². The Morgan fingerprint density at radius 3 is 2.53 bits per heavy atom. The van der Waals surface area contributed by atoms with Gasteiger partial charge in [-0.05, 0) is 28.1 Å². The van der Waals surface area contributed by atoms with Gasteiger partial charge < -0.3 is 14.4 Å². The lowest BCUT2D eigenvalue weighted by Gasteiger charge is -2.10. The van der Waals surface area contributed by atoms with E-state index in [0.29, 0.717) is 34.7 Å². The molecule has 4 nitrogen and oxygen atoms in total. The topological polar surface area (TPSA) is 38.8 Å². The fourth-order valence-electron chi connectivity index (χ4n) is 1.68. The number of carbonyl (C=O) groups is 1. The molecule has 0 unspecified atom stereocenters. The van der Waals surface area contributed by atoms with Crippen molar-refractivity contribution < 1.29 is 14.3 Å². The summed E-state index contributed by atoms with van der Waals surface area (Å²) in [5.41, 5.74) is 0.572. The van der Waals surface area contributed by atoms with Crippen molar-refractivity contribution in [1.82, 2.24) is 4.90 Å². The van der Waals surface area contributed by atoms with Crippen molar-refractivity contribution in [2.24, 2.45) is 0 Å². The van der Waals surface area contributed by atoms with E-state index in [1.165, 1.54) is 6.08 Å². The Kier molecular flexibility index (Phi) is 4.47. The second-order valence-electron chi connectivity index (χ2n) is 4.47. The van der Waals surface area contributed by atoms with Crippen molar-refractivity contribution in [3.05, 3.63) is 34.4 Å². The summed E-state index contributed by atoms with van der Waals surface area (Å²) in [6.45, 7) is 1.24. The molecule has 102 valence electrons. The SMILES string of the molecule is CN(C)/C=C\C(=O)c1cc2c(cc1Br)OCCCO2. The van der Waals surface area contributed by atoms with Crippen molar-refractivity contribution in [3.8, 4) is 11.5 Å². The summed E-state index contributed by atoms with van der Waals surface area (Å²) in [4.78, 5) is 13.9. The van der Waals surface area contributed by atoms with Crippen LogP contribution in [0.15, 0.2) is 28.9 Å². The van der Waals surface area contributed by atoms with Gasteiger partial charge in [0.15, 0.2) is 17.3 Å². The summed E-state index contributed by atoms with van der Waals surface area (Å²) in [5.74, 6) is 1.23. The highest BCUT2D eigenvalue weighted by Gasteiger charge is 2.16. The smallest absolute Gasteiger partial charge is 0.188 e. The molecule has 0 atom stereocenters. The molecule has 1 heterocycles. The molecule has 1 aromatic rings. The van der Waals surface area contributed by atoms with Crippen LogP contribution < -0.4 is 9.47 Å². The van der Waals surface area contributed by atoms with E-state index >= 15 is 0 Å². The summed E-state index contributed by atoms with van der Waals surface area (Å²) in [7, 11) is 3.74. The van der Waals surface area contributed by atoms with Crippen molar-refractivity contribution >= 4 is 21.7 Å². The van der Waals surface area contributed by atoms with E-state index in [1.807, 2.05) is 19.0 Å². The minimum Gasteiger partial charge on any atom is -0.490 e. The third-order valence-electron chi connectivity index (χ3n) is 2.63. The van der Waals surface area contributed by atoms with Crippen LogP contribution in [-0.4, -0.2) is 38.0 Å². The predicted molar refractivity (Wildman–Crippen MR) is 76.9 cm³/mol. The molecule has 1 aliphatic heterocycles. The maximum absolute atomic E-state index is 12.1. The average molecular weight is 326 g/mol. The summed E-state index contributed by atoms with van der Waals surface area (Å²) >= 11 is 3.40. The number of ketones is 1. The second kappa shape index (κ2) is 6.10. The first-order valence-corrected chi connectivity index (χ1v) is 6.85. The number of hydrogen-bond acceptors (Lipinski definition) is 4. The van der Waals surface area contributed by atoms with Crippen molar-refractivity contribution in [2.75, 3.05) is 27.3 Å². The summed E-state index contributed by atoms with van der Waals surface area (Å²) in [6, 6.07) is 3.52. The van der Waals surface area contributed by atoms with E-state index in [1.54, 1.807) is 18.3 Å². The molecule has 0 radical (unpaired) electrons. The van der Waals surface area contributed by atoms with Crippen LogP contribution in [0, 0.1) is 0 Å². The molecule has 0 N–H and O–H groups in total. The number of ether oxygens (including phenoxy) is 2. The molecular weight excluding hydrogens is 310 g/mol. The highest BCUT2D eigenvalue weighted by Crippen LogP contribution is 2.35. The van der Waals surface area contributed by atoms with Crippen molar-refractivity contribution in [2.45, 2.75) is 6.42 Å². The molecule has 0 saturated heterocycles. The number of carbonyl (C=O) groups excluding carboxylic acids is 1. The van der Waals surface area contributed by atoms with Crippen LogP contribution in [0.25, 0.3) is 0 Å². The highest BCUT2D eigenvalue weighted by molar-refractivity contribution is 9.10. The van der Waals surface area contributed by atoms with Gasteiger partial charge in [-0.1, -0.05) is 0 Å². The number of nitrogens with zero attached hydrogens (tertiary/aromatic N) is 1. The lowest BCUT2D eigenvalue weighted by Crippen LogP contribution is -2.04. The summed E-state index contributed by atoms with van der Waals surface area (Å²) in [6.07, 6.45) is 4.10. The molecule has 5 heteroatoms. The summed E-state index contributed by atoms with van der Waals surface area (Å²) in [5, 5.41) is 0. The minimum atomic E-state index is -0.0729. The van der Waals surface area contributed by atoms with Gasteiger partial charge in [0.25, 0.3) is 0 Å². The van der Waals surface area contributed by atoms with E-state index in [2.05, 4.69) is 15.9 Å². The largest absolute Gasteiger partial charge is 0.490 e. The van der Waals surface area contributed by atoms with E-state index in [-0.39, 0.29) is 5.78 Å². The van der Waals surface area contributed by atoms with Crippen molar-refractivity contribution in [1.29, 1.82) is 0 Å². The zero-order chi connectivity index (χ0) is 13.8. The molecule has 0 saturated carbocycles. The van der Waals surface area contributed by atoms with E-state index in [0.717, 1.165) is 6.42 Å². The molecule has 0 aliphatic carbocycles. The average Bonchev–Trinajstić information content (AvgIpc) is 2.59. The molecule has 0 spiro atoms. The molecule has 2 rings (SSSR count). The Hall–Kier alpha value is -1.49. The van der Waals surface area contributed by atoms with Gasteiger partial charge >= 0.3 is 0 Å². The Morgan fingerprint density at radius 2 is 1.89 bits per heavy atom. The van der Waals surface area contributed by atoms with Gasteiger partial charge in [-0.2, -0.15) is 0 Å². The van der Waals surface area contributed by atoms with Crippen LogP contribution in [0.5, 0.6) is 11.5 Å². The van der Waals surface area contributed by atoms with Gasteiger partial charge in [0.1, 0.15) is 0 Å². The Bertz CT molecular complexity index is 512. The fraction of sp³-hybridized carbons (Fsp3) is 0.357. The molecule has 0 fully saturated rings. The monoisotopic (exact) mass is 325 g/mol. The zero-order valence-electron chi connectivity index (χ0n) is 11.0. The first-order chi connectivity index (χ1) is 9.08. The van der Waals surface area contributed by atoms with E-state index in [9.17, 15) is 4.79 Å². The Labute approximate surface area is 121 Å². The van der Waals surface area contributed by atoms with Crippen LogP contribution in [0.4, 0.5) is 0 Å². The van der Waals surface area contributed by atoms with Crippen molar-refractivity contribution in [3.63, 3.8) is 0 Å². The lowest BCUT2D eigenvalue weighted by molar-refractivity contribution is 0.104. The number of allylic oxidation sites excluding steroid dienone is 1. The number of rotatable bonds is 3. The van der Waals surface area contributed by atoms with Gasteiger partial charge in [-0.3, -0.25) is 4.79 Å². The molecular formula is C14H16BrNO3. The molecule has 0 aromatic heterocycles. The maximum Gasteiger partial charge on any atom is 0.188 e. The third-order valence-corrected chi connectivity index (χ3v) is 3.28. The zero-order valence-corrected chi connectivity index (χ0v) is 12.6. The molecule has 19 heavy (non-hydrogen) atoms. The van der Waals surface area contributed by atoms with Crippen LogP contribution >= 0.6 is 15.9 Å². The maximum atomic E-state index is 12.1. The van der Waals surface area contributed by atoms with Gasteiger partial charge in [0.2, 0.25) is 0 Å². The van der Waals surface area contributed by atoms with Gasteiger partial charge in [0, 0.05) is 42.8 Å². The first kappa shape index (κ1) is 13.9. The highest BCUT2D eigenvalue weighted by atomic mass is 79.9. The minimum absolute atomic E-state index is 0.0729. The molecule has 0 amide bonds. The van der Waals surface area contributed by atoms with Crippen LogP contribution in [0.2, 0.25) is 0 Å². The van der Waals surface area contributed by atoms with Gasteiger partial charge in [0.05, 0.1) is 13.2 Å². The second-order valence-corrected chi connectivity index (χ2v) is 5.33. The van der Waals surface area contributed by atoms with E-state index < -0.39 is 0 Å². The third kappa shape index (κ3) is 3.50. The Balaban J connectivity index is 2.31. The summed E-state index contributed by atoms with van der Waals surface area (Å²) < 4.78 is 11.9. The number of hydrogen-bond donors (Lipinski definition) is 0. The Morgan fingerprint density at radius 1 is 1.26 bits per heavy atom. The first-order valence-electron chi connectivity index (χ1n) is 6.06. The van der Waals surface area contributed by atoms with Crippen LogP contribution in [0.1, 0.15) is 16.8 Å². The molecule has 0 bridgehead atoms. The van der Waals surface area contributed by atoms with Gasteiger partial charge in [-0.15, -0.1) is 0 Å². The normalized spacial score (nSPS) is 14.3.